The Labute approximate surface area is 518 Å². The van der Waals surface area contributed by atoms with Crippen molar-refractivity contribution in [1.82, 2.24) is 48.8 Å². The molecule has 0 saturated carbocycles. The molecule has 0 radical (unpaired) electrons. The minimum atomic E-state index is -0.125. The number of nitrogens with one attached hydrogen (secondary N) is 4. The summed E-state index contributed by atoms with van der Waals surface area (Å²) in [4.78, 5) is 63.4. The molecule has 5 fully saturated rings. The lowest BCUT2D eigenvalue weighted by molar-refractivity contribution is -0.0184. The van der Waals surface area contributed by atoms with Gasteiger partial charge in [-0.15, -0.1) is 0 Å². The predicted molar refractivity (Wildman–Crippen MR) is 347 cm³/mol. The fourth-order valence-corrected chi connectivity index (χ4v) is 13.2. The monoisotopic (exact) mass is 1210 g/mol. The number of rotatable bonds is 14. The van der Waals surface area contributed by atoms with Gasteiger partial charge in [-0.05, 0) is 88.8 Å². The fraction of sp³-hybridized carbons (Fsp3) is 0.424. The quantitative estimate of drug-likeness (QED) is 0.0739. The number of aryl methyl sites for hydroxylation is 6. The molecule has 8 aromatic rings. The minimum Gasteiger partial charge on any atom is -0.496 e. The Bertz CT molecular complexity index is 4030. The van der Waals surface area contributed by atoms with Gasteiger partial charge >= 0.3 is 0 Å². The van der Waals surface area contributed by atoms with Crippen LogP contribution in [0.2, 0.25) is 0 Å². The third-order valence-corrected chi connectivity index (χ3v) is 17.7. The highest BCUT2D eigenvalue weighted by Gasteiger charge is 2.49. The standard InChI is InChI=1S/C33H38N8O4.C31H36N8O3.C2H6/c1-20-29-26(39(3)30(20)32(42)40-9-12-44-13-10-40)15-28(38-31(29)41-18-33(19-41)7-5-11-45-33)37-24-14-25(36-21(2)22(24)16-34)23-17-35-8-6-27(23)43-4;1-18-27-24(38(5)28(18)30(40)37(3)4)13-26(36-29(27)39-16-31(17-39)9-7-11-42-31)35-22-12-23(34-19(2)20(22)14-32)21-15-33-10-8-25(21)41-6;1-2/h6,8,14-17,34H,5,7,9-13,18-19H2,1-4H3,(H,36,37,38);8,10,12-15,32H,7,9,11,16-17H2,1-6H3,(H,34,35,36);1-2H3. The van der Waals surface area contributed by atoms with E-state index >= 15 is 0 Å². The first-order valence-electron chi connectivity index (χ1n) is 30.4. The van der Waals surface area contributed by atoms with Gasteiger partial charge < -0.3 is 73.9 Å². The SMILES string of the molecule is CC.COc1ccncc1-c1cc(Nc2cc3c(c(N4CC5(CCCO5)C4)n2)c(C)c(C(=O)N(C)C)n3C)c(C=N)c(C)n1.COc1ccncc1-c1cc(Nc2cc3c(c(N4CC5(CCCO5)C4)n2)c(C)c(C(=O)N2CCOCC2)n3C)c(C=N)c(C)n1. The number of nitrogens with zero attached hydrogens (tertiary/aromatic N) is 12. The maximum atomic E-state index is 13.8. The molecule has 13 rings (SSSR count). The summed E-state index contributed by atoms with van der Waals surface area (Å²) in [7, 11) is 10.6. The minimum absolute atomic E-state index is 0.0000701. The van der Waals surface area contributed by atoms with Crippen molar-refractivity contribution in [2.24, 2.45) is 14.1 Å². The predicted octanol–water partition coefficient (Wildman–Crippen LogP) is 9.73. The van der Waals surface area contributed by atoms with Crippen LogP contribution in [0.1, 0.15) is 94.1 Å². The topological polar surface area (TPSA) is 252 Å². The van der Waals surface area contributed by atoms with Crippen LogP contribution in [0.3, 0.4) is 0 Å². The summed E-state index contributed by atoms with van der Waals surface area (Å²) in [5.41, 5.74) is 11.6. The third-order valence-electron chi connectivity index (χ3n) is 17.7. The van der Waals surface area contributed by atoms with E-state index in [0.717, 1.165) is 121 Å². The van der Waals surface area contributed by atoms with Crippen molar-refractivity contribution in [2.75, 3.05) is 114 Å². The molecule has 2 amide bonds. The van der Waals surface area contributed by atoms with Crippen LogP contribution in [0, 0.1) is 38.5 Å². The van der Waals surface area contributed by atoms with Crippen LogP contribution in [0.5, 0.6) is 11.5 Å². The highest BCUT2D eigenvalue weighted by Crippen LogP contribution is 2.45. The van der Waals surface area contributed by atoms with Crippen LogP contribution in [0.15, 0.2) is 61.2 Å². The Kier molecular flexibility index (Phi) is 17.4. The van der Waals surface area contributed by atoms with E-state index in [-0.39, 0.29) is 23.0 Å². The summed E-state index contributed by atoms with van der Waals surface area (Å²) in [6.07, 6.45) is 13.6. The van der Waals surface area contributed by atoms with Crippen molar-refractivity contribution in [1.29, 1.82) is 10.8 Å². The molecule has 23 heteroatoms. The summed E-state index contributed by atoms with van der Waals surface area (Å²) < 4.78 is 32.8. The van der Waals surface area contributed by atoms with Crippen LogP contribution in [-0.4, -0.2) is 178 Å². The van der Waals surface area contributed by atoms with Gasteiger partial charge in [-0.3, -0.25) is 29.5 Å². The first-order chi connectivity index (χ1) is 43.0. The normalized spacial score (nSPS) is 16.3. The van der Waals surface area contributed by atoms with E-state index in [2.05, 4.69) is 30.4 Å². The zero-order valence-corrected chi connectivity index (χ0v) is 53.1. The fourth-order valence-electron chi connectivity index (χ4n) is 13.2. The molecule has 4 N–H and O–H groups in total. The molecule has 5 aliphatic rings. The number of hydrogen-bond acceptors (Lipinski definition) is 19. The van der Waals surface area contributed by atoms with Gasteiger partial charge in [0.25, 0.3) is 11.8 Å². The second-order valence-corrected chi connectivity index (χ2v) is 23.4. The van der Waals surface area contributed by atoms with Gasteiger partial charge in [0.1, 0.15) is 57.4 Å². The van der Waals surface area contributed by atoms with E-state index in [9.17, 15) is 9.59 Å². The summed E-state index contributed by atoms with van der Waals surface area (Å²) in [5, 5.41) is 25.2. The molecule has 0 atom stereocenters. The third kappa shape index (κ3) is 11.3. The number of carbonyl (C=O) groups is 2. The van der Waals surface area contributed by atoms with E-state index in [1.54, 1.807) is 70.1 Å². The molecule has 8 aromatic heterocycles. The zero-order chi connectivity index (χ0) is 63.1. The molecular formula is C66H80N16O7. The largest absolute Gasteiger partial charge is 0.496 e. The van der Waals surface area contributed by atoms with E-state index < -0.39 is 0 Å². The molecule has 5 saturated heterocycles. The first-order valence-corrected chi connectivity index (χ1v) is 30.4. The van der Waals surface area contributed by atoms with Gasteiger partial charge in [0.2, 0.25) is 0 Å². The van der Waals surface area contributed by atoms with Crippen molar-refractivity contribution in [2.45, 2.75) is 78.4 Å². The van der Waals surface area contributed by atoms with Crippen LogP contribution >= 0.6 is 0 Å². The van der Waals surface area contributed by atoms with Gasteiger partial charge in [-0.25, -0.2) is 9.97 Å². The highest BCUT2D eigenvalue weighted by atomic mass is 16.5. The molecule has 0 bridgehead atoms. The lowest BCUT2D eigenvalue weighted by Crippen LogP contribution is -2.61. The molecule has 0 aromatic carbocycles. The number of ether oxygens (including phenoxy) is 5. The molecule has 89 heavy (non-hydrogen) atoms. The van der Waals surface area contributed by atoms with Crippen LogP contribution < -0.4 is 29.9 Å². The highest BCUT2D eigenvalue weighted by molar-refractivity contribution is 6.07. The van der Waals surface area contributed by atoms with E-state index in [1.807, 2.05) is 93.9 Å². The number of morpholine rings is 1. The number of methoxy groups -OCH3 is 2. The Morgan fingerprint density at radius 3 is 1.48 bits per heavy atom. The van der Waals surface area contributed by atoms with Gasteiger partial charge in [-0.2, -0.15) is 0 Å². The lowest BCUT2D eigenvalue weighted by atomic mass is 9.90. The van der Waals surface area contributed by atoms with Crippen molar-refractivity contribution < 1.29 is 33.3 Å². The Morgan fingerprint density at radius 1 is 0.640 bits per heavy atom. The molecule has 0 aliphatic carbocycles. The van der Waals surface area contributed by atoms with Gasteiger partial charge in [0.15, 0.2) is 0 Å². The van der Waals surface area contributed by atoms with Gasteiger partial charge in [0, 0.05) is 137 Å². The maximum Gasteiger partial charge on any atom is 0.270 e. The van der Waals surface area contributed by atoms with E-state index in [4.69, 9.17) is 54.4 Å². The second kappa shape index (κ2) is 25.2. The number of fused-ring (bicyclic) bond motifs is 2. The van der Waals surface area contributed by atoms with E-state index in [0.29, 0.717) is 106 Å². The first kappa shape index (κ1) is 61.6. The number of anilines is 6. The molecular weight excluding hydrogens is 1130 g/mol. The number of amides is 2. The Balaban J connectivity index is 0.000000179. The zero-order valence-electron chi connectivity index (χ0n) is 53.1. The Hall–Kier alpha value is -9.06. The van der Waals surface area contributed by atoms with Crippen molar-refractivity contribution in [3.8, 4) is 34.0 Å². The molecule has 0 unspecified atom stereocenters. The van der Waals surface area contributed by atoms with Crippen molar-refractivity contribution in [3.63, 3.8) is 0 Å². The van der Waals surface area contributed by atoms with Gasteiger partial charge in [0.05, 0.1) is 98.5 Å². The van der Waals surface area contributed by atoms with E-state index in [1.165, 1.54) is 12.4 Å². The average Bonchev–Trinajstić information content (AvgIpc) is 1.64. The number of carbonyl (C=O) groups excluding carboxylic acids is 2. The van der Waals surface area contributed by atoms with Crippen LogP contribution in [-0.2, 0) is 28.3 Å². The summed E-state index contributed by atoms with van der Waals surface area (Å²) in [6, 6.07) is 11.3. The van der Waals surface area contributed by atoms with Crippen molar-refractivity contribution in [3.05, 3.63) is 106 Å². The Morgan fingerprint density at radius 2 is 1.08 bits per heavy atom. The summed E-state index contributed by atoms with van der Waals surface area (Å²) in [5.74, 6) is 4.11. The van der Waals surface area contributed by atoms with Crippen LogP contribution in [0.4, 0.5) is 34.6 Å². The molecule has 13 heterocycles. The molecule has 466 valence electrons. The number of aromatic nitrogens is 8. The second-order valence-electron chi connectivity index (χ2n) is 23.4. The van der Waals surface area contributed by atoms with Gasteiger partial charge in [-0.1, -0.05) is 13.8 Å². The smallest absolute Gasteiger partial charge is 0.270 e. The molecule has 23 nitrogen and oxygen atoms in total. The summed E-state index contributed by atoms with van der Waals surface area (Å²) >= 11 is 0. The number of hydrogen-bond donors (Lipinski definition) is 4. The van der Waals surface area contributed by atoms with Crippen LogP contribution in [0.25, 0.3) is 44.3 Å². The average molecular weight is 1210 g/mol. The van der Waals surface area contributed by atoms with Crippen molar-refractivity contribution >= 4 is 80.7 Å². The maximum absolute atomic E-state index is 13.8. The summed E-state index contributed by atoms with van der Waals surface area (Å²) in [6.45, 7) is 18.6. The lowest BCUT2D eigenvalue weighted by Gasteiger charge is -2.48. The molecule has 5 aliphatic heterocycles. The molecule has 2 spiro atoms. The number of pyridine rings is 6.